The van der Waals surface area contributed by atoms with Gasteiger partial charge in [0.05, 0.1) is 37.6 Å². The first kappa shape index (κ1) is 21.6. The maximum Gasteiger partial charge on any atom is 0.161 e. The molecule has 4 unspecified atom stereocenters. The Bertz CT molecular complexity index is 633. The summed E-state index contributed by atoms with van der Waals surface area (Å²) in [5.74, 6) is 2.01. The molecule has 0 radical (unpaired) electrons. The second-order valence-electron chi connectivity index (χ2n) is 11.7. The quantitative estimate of drug-likeness (QED) is 0.719. The number of hydrogen-bond acceptors (Lipinski definition) is 5. The van der Waals surface area contributed by atoms with E-state index in [9.17, 15) is 10.2 Å². The maximum absolute atomic E-state index is 12.2. The predicted octanol–water partition coefficient (Wildman–Crippen LogP) is 3.90. The van der Waals surface area contributed by atoms with Gasteiger partial charge in [-0.2, -0.15) is 0 Å². The number of fused-ring (bicyclic) bond motifs is 5. The van der Waals surface area contributed by atoms with Gasteiger partial charge in [-0.25, -0.2) is 0 Å². The third-order valence-electron chi connectivity index (χ3n) is 10.4. The molecule has 5 rings (SSSR count). The summed E-state index contributed by atoms with van der Waals surface area (Å²) in [6, 6.07) is 0. The van der Waals surface area contributed by atoms with Gasteiger partial charge >= 0.3 is 0 Å². The standard InChI is InChI=1S/C25H42O5/c1-16(26)15-30-18-6-9-23(2)17(14-18)4-5-20-19(23)7-10-24(3)21(8-11-25(20,24)27)22-28-12-13-29-22/h16-22,26-27H,4-15H2,1-3H3/t16?,17?,18?,19-,20-,21?,23+,24-,25-/m1/s1. The Labute approximate surface area is 181 Å². The predicted molar refractivity (Wildman–Crippen MR) is 114 cm³/mol. The average Bonchev–Trinajstić information content (AvgIpc) is 3.32. The lowest BCUT2D eigenvalue weighted by Gasteiger charge is -2.63. The molecule has 9 atom stereocenters. The summed E-state index contributed by atoms with van der Waals surface area (Å²) in [6.07, 6.45) is 9.76. The van der Waals surface area contributed by atoms with E-state index in [0.29, 0.717) is 55.0 Å². The van der Waals surface area contributed by atoms with E-state index in [2.05, 4.69) is 13.8 Å². The number of rotatable bonds is 4. The smallest absolute Gasteiger partial charge is 0.161 e. The SMILES string of the molecule is CC(O)COC1CC[C@@]2(C)C(CC[C@@H]3[C@H]2CC[C@]2(C)C(C4OCCO4)CC[C@@]32O)C1. The van der Waals surface area contributed by atoms with Crippen molar-refractivity contribution in [3.05, 3.63) is 0 Å². The van der Waals surface area contributed by atoms with Crippen molar-refractivity contribution in [3.8, 4) is 0 Å². The van der Waals surface area contributed by atoms with Gasteiger partial charge in [0.2, 0.25) is 0 Å². The Morgan fingerprint density at radius 3 is 2.40 bits per heavy atom. The molecule has 5 heteroatoms. The van der Waals surface area contributed by atoms with Gasteiger partial charge in [-0.15, -0.1) is 0 Å². The van der Waals surface area contributed by atoms with E-state index in [0.717, 1.165) is 38.5 Å². The highest BCUT2D eigenvalue weighted by Gasteiger charge is 2.68. The number of aliphatic hydroxyl groups excluding tert-OH is 1. The van der Waals surface area contributed by atoms with E-state index in [4.69, 9.17) is 14.2 Å². The van der Waals surface area contributed by atoms with Gasteiger partial charge in [0.1, 0.15) is 0 Å². The minimum absolute atomic E-state index is 0.0933. The first-order valence-electron chi connectivity index (χ1n) is 12.5. The minimum Gasteiger partial charge on any atom is -0.391 e. The molecule has 0 amide bonds. The summed E-state index contributed by atoms with van der Waals surface area (Å²) in [7, 11) is 0. The van der Waals surface area contributed by atoms with E-state index >= 15 is 0 Å². The van der Waals surface area contributed by atoms with E-state index in [1.165, 1.54) is 19.3 Å². The number of aliphatic hydroxyl groups is 2. The molecule has 5 fully saturated rings. The Morgan fingerprint density at radius 2 is 1.67 bits per heavy atom. The summed E-state index contributed by atoms with van der Waals surface area (Å²) in [4.78, 5) is 0. The van der Waals surface area contributed by atoms with Crippen LogP contribution in [-0.2, 0) is 14.2 Å². The molecular weight excluding hydrogens is 380 g/mol. The lowest BCUT2D eigenvalue weighted by Crippen LogP contribution is -2.63. The fourth-order valence-electron chi connectivity index (χ4n) is 8.70. The topological polar surface area (TPSA) is 68.2 Å². The number of ether oxygens (including phenoxy) is 3. The molecule has 4 saturated carbocycles. The first-order valence-corrected chi connectivity index (χ1v) is 12.5. The normalized spacial score (nSPS) is 52.5. The summed E-state index contributed by atoms with van der Waals surface area (Å²) in [6.45, 7) is 8.49. The summed E-state index contributed by atoms with van der Waals surface area (Å²) >= 11 is 0. The van der Waals surface area contributed by atoms with Gasteiger partial charge < -0.3 is 24.4 Å². The average molecular weight is 423 g/mol. The summed E-state index contributed by atoms with van der Waals surface area (Å²) in [5.41, 5.74) is -0.364. The molecule has 0 spiro atoms. The van der Waals surface area contributed by atoms with Crippen LogP contribution in [0.2, 0.25) is 0 Å². The van der Waals surface area contributed by atoms with Crippen LogP contribution in [0.15, 0.2) is 0 Å². The second kappa shape index (κ2) is 7.69. The number of hydrogen-bond donors (Lipinski definition) is 2. The van der Waals surface area contributed by atoms with E-state index in [-0.39, 0.29) is 17.8 Å². The highest BCUT2D eigenvalue weighted by Crippen LogP contribution is 2.69. The Morgan fingerprint density at radius 1 is 0.933 bits per heavy atom. The van der Waals surface area contributed by atoms with E-state index < -0.39 is 5.60 Å². The lowest BCUT2D eigenvalue weighted by molar-refractivity contribution is -0.229. The summed E-state index contributed by atoms with van der Waals surface area (Å²) in [5, 5.41) is 21.8. The molecule has 1 heterocycles. The molecule has 172 valence electrons. The first-order chi connectivity index (χ1) is 14.3. The third kappa shape index (κ3) is 3.14. The highest BCUT2D eigenvalue weighted by molar-refractivity contribution is 5.17. The molecule has 1 saturated heterocycles. The highest BCUT2D eigenvalue weighted by atomic mass is 16.7. The molecule has 5 aliphatic rings. The maximum atomic E-state index is 12.2. The van der Waals surface area contributed by atoms with Crippen LogP contribution >= 0.6 is 0 Å². The molecule has 30 heavy (non-hydrogen) atoms. The molecule has 1 aliphatic heterocycles. The van der Waals surface area contributed by atoms with Gasteiger partial charge in [0, 0.05) is 11.3 Å². The lowest BCUT2D eigenvalue weighted by atomic mass is 9.43. The van der Waals surface area contributed by atoms with Crippen LogP contribution in [0, 0.1) is 34.5 Å². The summed E-state index contributed by atoms with van der Waals surface area (Å²) < 4.78 is 17.9. The monoisotopic (exact) mass is 422 g/mol. The van der Waals surface area contributed by atoms with Crippen LogP contribution in [0.4, 0.5) is 0 Å². The van der Waals surface area contributed by atoms with Gasteiger partial charge in [0.25, 0.3) is 0 Å². The van der Waals surface area contributed by atoms with Crippen LogP contribution in [0.25, 0.3) is 0 Å². The van der Waals surface area contributed by atoms with Gasteiger partial charge in [-0.1, -0.05) is 13.8 Å². The van der Waals surface area contributed by atoms with E-state index in [1.807, 2.05) is 0 Å². The Hall–Kier alpha value is -0.200. The third-order valence-corrected chi connectivity index (χ3v) is 10.4. The molecule has 4 aliphatic carbocycles. The van der Waals surface area contributed by atoms with Gasteiger partial charge in [0.15, 0.2) is 6.29 Å². The van der Waals surface area contributed by atoms with Gasteiger partial charge in [-0.3, -0.25) is 0 Å². The van der Waals surface area contributed by atoms with Gasteiger partial charge in [-0.05, 0) is 87.9 Å². The zero-order valence-corrected chi connectivity index (χ0v) is 19.1. The van der Waals surface area contributed by atoms with Crippen LogP contribution in [-0.4, -0.2) is 54.1 Å². The largest absolute Gasteiger partial charge is 0.391 e. The zero-order valence-electron chi connectivity index (χ0n) is 19.1. The molecular formula is C25H42O5. The van der Waals surface area contributed by atoms with Crippen molar-refractivity contribution in [2.75, 3.05) is 19.8 Å². The van der Waals surface area contributed by atoms with Crippen molar-refractivity contribution in [1.82, 2.24) is 0 Å². The fourth-order valence-corrected chi connectivity index (χ4v) is 8.70. The van der Waals surface area contributed by atoms with Crippen LogP contribution in [0.1, 0.15) is 78.6 Å². The van der Waals surface area contributed by atoms with Crippen molar-refractivity contribution < 1.29 is 24.4 Å². The molecule has 0 aromatic carbocycles. The molecule has 0 aromatic heterocycles. The van der Waals surface area contributed by atoms with Crippen LogP contribution in [0.3, 0.4) is 0 Å². The zero-order chi connectivity index (χ0) is 21.1. The minimum atomic E-state index is -0.580. The Kier molecular flexibility index (Phi) is 5.55. The molecule has 0 bridgehead atoms. The van der Waals surface area contributed by atoms with Crippen LogP contribution in [0.5, 0.6) is 0 Å². The molecule has 5 nitrogen and oxygen atoms in total. The second-order valence-corrected chi connectivity index (χ2v) is 11.7. The van der Waals surface area contributed by atoms with Crippen molar-refractivity contribution in [1.29, 1.82) is 0 Å². The molecule has 0 aromatic rings. The van der Waals surface area contributed by atoms with Crippen molar-refractivity contribution in [2.24, 2.45) is 34.5 Å². The Balaban J connectivity index is 1.34. The van der Waals surface area contributed by atoms with Crippen molar-refractivity contribution in [3.63, 3.8) is 0 Å². The fraction of sp³-hybridized carbons (Fsp3) is 1.00. The van der Waals surface area contributed by atoms with Crippen molar-refractivity contribution in [2.45, 2.75) is 103 Å². The molecule has 2 N–H and O–H groups in total. The van der Waals surface area contributed by atoms with Crippen molar-refractivity contribution >= 4 is 0 Å². The van der Waals surface area contributed by atoms with E-state index in [1.54, 1.807) is 6.92 Å². The van der Waals surface area contributed by atoms with Crippen LogP contribution < -0.4 is 0 Å².